The van der Waals surface area contributed by atoms with Crippen LogP contribution in [0, 0.1) is 12.0 Å². The summed E-state index contributed by atoms with van der Waals surface area (Å²) in [5, 5.41) is 4.21. The van der Waals surface area contributed by atoms with E-state index < -0.39 is 8.07 Å². The van der Waals surface area contributed by atoms with Gasteiger partial charge in [0, 0.05) is 9.00 Å². The van der Waals surface area contributed by atoms with Gasteiger partial charge in [0.15, 0.2) is 0 Å². The standard InChI is InChI=1S/C11H10S2Si/c1-3-14(2,10-6-4-8-12-10)11-7-5-9-13-11/h1,4-9H,2H3. The molecule has 0 spiro atoms. The van der Waals surface area contributed by atoms with Crippen LogP contribution in [-0.2, 0) is 0 Å². The lowest BCUT2D eigenvalue weighted by Gasteiger charge is -2.16. The summed E-state index contributed by atoms with van der Waals surface area (Å²) in [5.74, 6) is 0. The molecule has 0 aliphatic rings. The number of hydrogen-bond acceptors (Lipinski definition) is 2. The molecule has 2 aromatic heterocycles. The summed E-state index contributed by atoms with van der Waals surface area (Å²) in [6, 6.07) is 8.49. The van der Waals surface area contributed by atoms with Crippen molar-refractivity contribution in [2.45, 2.75) is 6.55 Å². The molecule has 0 fully saturated rings. The molecule has 2 rings (SSSR count). The fourth-order valence-corrected chi connectivity index (χ4v) is 7.20. The third-order valence-electron chi connectivity index (χ3n) is 2.32. The largest absolute Gasteiger partial charge is 0.216 e. The Labute approximate surface area is 93.2 Å². The maximum atomic E-state index is 5.71. The molecule has 14 heavy (non-hydrogen) atoms. The molecule has 2 aromatic rings. The van der Waals surface area contributed by atoms with Gasteiger partial charge in [-0.1, -0.05) is 24.3 Å². The maximum absolute atomic E-state index is 5.71. The smallest absolute Gasteiger partial charge is 0.152 e. The number of thiophene rings is 2. The Hall–Kier alpha value is -0.823. The minimum absolute atomic E-state index is 1.38. The molecular formula is C11H10S2Si. The number of terminal acetylenes is 1. The van der Waals surface area contributed by atoms with Crippen LogP contribution in [0.25, 0.3) is 0 Å². The van der Waals surface area contributed by atoms with E-state index in [0.29, 0.717) is 0 Å². The van der Waals surface area contributed by atoms with Crippen LogP contribution in [0.2, 0.25) is 6.55 Å². The molecule has 0 saturated carbocycles. The molecule has 0 nitrogen and oxygen atoms in total. The topological polar surface area (TPSA) is 0 Å². The lowest BCUT2D eigenvalue weighted by atomic mass is 10.7. The first-order chi connectivity index (χ1) is 6.77. The van der Waals surface area contributed by atoms with Crippen molar-refractivity contribution < 1.29 is 0 Å². The van der Waals surface area contributed by atoms with Crippen molar-refractivity contribution in [3.05, 3.63) is 35.0 Å². The predicted octanol–water partition coefficient (Wildman–Crippen LogP) is 2.17. The van der Waals surface area contributed by atoms with Gasteiger partial charge in [-0.2, -0.15) is 22.7 Å². The minimum Gasteiger partial charge on any atom is -0.152 e. The van der Waals surface area contributed by atoms with Gasteiger partial charge in [-0.05, 0) is 17.3 Å². The summed E-state index contributed by atoms with van der Waals surface area (Å²) in [7, 11) is -1.81. The molecule has 3 heteroatoms. The monoisotopic (exact) mass is 234 g/mol. The molecular weight excluding hydrogens is 224 g/mol. The Kier molecular flexibility index (Phi) is 2.59. The Morgan fingerprint density at radius 1 is 1.14 bits per heavy atom. The quantitative estimate of drug-likeness (QED) is 0.552. The normalized spacial score (nSPS) is 11.1. The lowest BCUT2D eigenvalue weighted by molar-refractivity contribution is 1.96. The van der Waals surface area contributed by atoms with Crippen LogP contribution in [0.5, 0.6) is 0 Å². The summed E-state index contributed by atoms with van der Waals surface area (Å²) in [6.45, 7) is 2.24. The van der Waals surface area contributed by atoms with Gasteiger partial charge in [-0.3, -0.25) is 0 Å². The summed E-state index contributed by atoms with van der Waals surface area (Å²) in [4.78, 5) is 0. The highest BCUT2D eigenvalue weighted by Gasteiger charge is 2.31. The van der Waals surface area contributed by atoms with E-state index in [0.717, 1.165) is 0 Å². The zero-order valence-electron chi connectivity index (χ0n) is 7.86. The Morgan fingerprint density at radius 3 is 1.93 bits per heavy atom. The van der Waals surface area contributed by atoms with E-state index >= 15 is 0 Å². The number of hydrogen-bond donors (Lipinski definition) is 0. The molecule has 0 bridgehead atoms. The zero-order chi connectivity index (χ0) is 10.0. The highest BCUT2D eigenvalue weighted by Crippen LogP contribution is 2.11. The van der Waals surface area contributed by atoms with E-state index in [1.807, 2.05) is 0 Å². The van der Waals surface area contributed by atoms with E-state index in [-0.39, 0.29) is 0 Å². The third kappa shape index (κ3) is 1.46. The Balaban J connectivity index is 2.52. The molecule has 0 aliphatic carbocycles. The van der Waals surface area contributed by atoms with Crippen LogP contribution in [-0.4, -0.2) is 8.07 Å². The average Bonchev–Trinajstić information content (AvgIpc) is 2.88. The van der Waals surface area contributed by atoms with Gasteiger partial charge < -0.3 is 0 Å². The van der Waals surface area contributed by atoms with Gasteiger partial charge in [0.1, 0.15) is 0 Å². The van der Waals surface area contributed by atoms with E-state index in [2.05, 4.69) is 47.1 Å². The highest BCUT2D eigenvalue weighted by molar-refractivity contribution is 7.37. The molecule has 0 amide bonds. The summed E-state index contributed by atoms with van der Waals surface area (Å²) < 4.78 is 2.75. The first-order valence-electron chi connectivity index (χ1n) is 4.33. The first-order valence-corrected chi connectivity index (χ1v) is 8.59. The molecule has 0 atom stereocenters. The zero-order valence-corrected chi connectivity index (χ0v) is 10.5. The van der Waals surface area contributed by atoms with Gasteiger partial charge in [0.05, 0.1) is 0 Å². The molecule has 0 aliphatic heterocycles. The fourth-order valence-electron chi connectivity index (χ4n) is 1.39. The molecule has 0 radical (unpaired) electrons. The van der Waals surface area contributed by atoms with Crippen molar-refractivity contribution in [1.82, 2.24) is 0 Å². The predicted molar refractivity (Wildman–Crippen MR) is 68.4 cm³/mol. The van der Waals surface area contributed by atoms with E-state index in [1.165, 1.54) is 9.00 Å². The van der Waals surface area contributed by atoms with Crippen LogP contribution in [0.1, 0.15) is 0 Å². The van der Waals surface area contributed by atoms with Crippen LogP contribution in [0.3, 0.4) is 0 Å². The van der Waals surface area contributed by atoms with Crippen LogP contribution >= 0.6 is 22.7 Å². The van der Waals surface area contributed by atoms with Crippen molar-refractivity contribution >= 4 is 39.7 Å². The maximum Gasteiger partial charge on any atom is 0.216 e. The second kappa shape index (κ2) is 3.74. The van der Waals surface area contributed by atoms with E-state index in [1.54, 1.807) is 22.7 Å². The second-order valence-corrected chi connectivity index (χ2v) is 9.46. The fraction of sp³-hybridized carbons (Fsp3) is 0.0909. The molecule has 2 heterocycles. The van der Waals surface area contributed by atoms with Crippen LogP contribution in [0.15, 0.2) is 35.0 Å². The summed E-state index contributed by atoms with van der Waals surface area (Å²) >= 11 is 3.56. The van der Waals surface area contributed by atoms with Gasteiger partial charge >= 0.3 is 0 Å². The summed E-state index contributed by atoms with van der Waals surface area (Å²) in [5.41, 5.74) is 3.04. The van der Waals surface area contributed by atoms with Crippen molar-refractivity contribution in [1.29, 1.82) is 0 Å². The molecule has 0 N–H and O–H groups in total. The van der Waals surface area contributed by atoms with Gasteiger partial charge in [0.25, 0.3) is 0 Å². The van der Waals surface area contributed by atoms with Crippen molar-refractivity contribution in [2.75, 3.05) is 0 Å². The minimum atomic E-state index is -1.81. The van der Waals surface area contributed by atoms with Crippen molar-refractivity contribution in [3.8, 4) is 12.0 Å². The molecule has 0 unspecified atom stereocenters. The van der Waals surface area contributed by atoms with Crippen molar-refractivity contribution in [2.24, 2.45) is 0 Å². The van der Waals surface area contributed by atoms with Crippen LogP contribution < -0.4 is 9.00 Å². The van der Waals surface area contributed by atoms with E-state index in [9.17, 15) is 0 Å². The Bertz CT molecular complexity index is 400. The molecule has 70 valence electrons. The molecule has 0 aromatic carbocycles. The third-order valence-corrected chi connectivity index (χ3v) is 9.72. The van der Waals surface area contributed by atoms with Crippen molar-refractivity contribution in [3.63, 3.8) is 0 Å². The number of rotatable bonds is 2. The SMILES string of the molecule is C#C[Si](C)(c1cccs1)c1cccs1. The van der Waals surface area contributed by atoms with E-state index in [4.69, 9.17) is 6.42 Å². The highest BCUT2D eigenvalue weighted by atomic mass is 32.1. The average molecular weight is 234 g/mol. The van der Waals surface area contributed by atoms with Gasteiger partial charge in [0.2, 0.25) is 8.07 Å². The lowest BCUT2D eigenvalue weighted by Crippen LogP contribution is -2.52. The van der Waals surface area contributed by atoms with Gasteiger partial charge in [-0.25, -0.2) is 0 Å². The second-order valence-electron chi connectivity index (χ2n) is 3.22. The first kappa shape index (κ1) is 9.72. The van der Waals surface area contributed by atoms with Gasteiger partial charge in [-0.15, -0.1) is 12.0 Å². The Morgan fingerprint density at radius 2 is 1.64 bits per heavy atom. The molecule has 0 saturated heterocycles. The summed E-state index contributed by atoms with van der Waals surface area (Å²) in [6.07, 6.45) is 5.71. The van der Waals surface area contributed by atoms with Crippen LogP contribution in [0.4, 0.5) is 0 Å².